The molecule has 0 spiro atoms. The second-order valence-electron chi connectivity index (χ2n) is 5.35. The minimum atomic E-state index is 0.538. The highest BCUT2D eigenvalue weighted by atomic mass is 79.9. The van der Waals surface area contributed by atoms with Gasteiger partial charge in [0.25, 0.3) is 0 Å². The molecule has 0 aromatic heterocycles. The van der Waals surface area contributed by atoms with E-state index in [2.05, 4.69) is 48.9 Å². The number of halogens is 1. The minimum Gasteiger partial charge on any atom is -0.494 e. The first-order valence-corrected chi connectivity index (χ1v) is 7.95. The van der Waals surface area contributed by atoms with Crippen LogP contribution >= 0.6 is 15.9 Å². The quantitative estimate of drug-likeness (QED) is 0.759. The van der Waals surface area contributed by atoms with E-state index in [0.717, 1.165) is 29.8 Å². The predicted octanol–water partition coefficient (Wildman–Crippen LogP) is 4.49. The van der Waals surface area contributed by atoms with Crippen molar-refractivity contribution < 1.29 is 4.74 Å². The third-order valence-corrected chi connectivity index (χ3v) is 4.03. The second kappa shape index (κ2) is 8.60. The molecule has 0 aliphatic rings. The lowest BCUT2D eigenvalue weighted by molar-refractivity contribution is 0.214. The van der Waals surface area contributed by atoms with E-state index in [1.54, 1.807) is 0 Å². The Morgan fingerprint density at radius 2 is 2.00 bits per heavy atom. The van der Waals surface area contributed by atoms with Crippen molar-refractivity contribution in [3.05, 3.63) is 28.7 Å². The Morgan fingerprint density at radius 3 is 2.58 bits per heavy atom. The average molecular weight is 328 g/mol. The summed E-state index contributed by atoms with van der Waals surface area (Å²) in [6.45, 7) is 10.8. The van der Waals surface area contributed by atoms with Crippen molar-refractivity contribution in [3.8, 4) is 5.75 Å². The molecule has 1 aromatic carbocycles. The van der Waals surface area contributed by atoms with E-state index in [-0.39, 0.29) is 0 Å². The summed E-state index contributed by atoms with van der Waals surface area (Å²) in [7, 11) is 0. The molecule has 0 aliphatic carbocycles. The van der Waals surface area contributed by atoms with Gasteiger partial charge in [0.05, 0.1) is 6.61 Å². The molecule has 19 heavy (non-hydrogen) atoms. The highest BCUT2D eigenvalue weighted by Gasteiger charge is 2.19. The van der Waals surface area contributed by atoms with Gasteiger partial charge >= 0.3 is 0 Å². The van der Waals surface area contributed by atoms with Gasteiger partial charge in [-0.25, -0.2) is 0 Å². The highest BCUT2D eigenvalue weighted by molar-refractivity contribution is 9.10. The first-order chi connectivity index (χ1) is 9.04. The van der Waals surface area contributed by atoms with Gasteiger partial charge in [-0.15, -0.1) is 0 Å². The number of hydrogen-bond donors (Lipinski definition) is 1. The topological polar surface area (TPSA) is 21.3 Å². The molecule has 0 fully saturated rings. The van der Waals surface area contributed by atoms with Crippen molar-refractivity contribution in [2.45, 2.75) is 40.2 Å². The molecule has 1 rings (SSSR count). The van der Waals surface area contributed by atoms with Gasteiger partial charge < -0.3 is 10.1 Å². The molecule has 2 atom stereocenters. The maximum absolute atomic E-state index is 5.84. The smallest absolute Gasteiger partial charge is 0.120 e. The standard InChI is InChI=1S/C16H26BrNO/c1-5-18-13(4)16(12(2)3)9-10-19-15-8-6-7-14(17)11-15/h6-8,11-13,16,18H,5,9-10H2,1-4H3. The van der Waals surface area contributed by atoms with E-state index in [0.29, 0.717) is 17.9 Å². The summed E-state index contributed by atoms with van der Waals surface area (Å²) < 4.78 is 6.90. The van der Waals surface area contributed by atoms with Crippen LogP contribution in [-0.2, 0) is 0 Å². The maximum Gasteiger partial charge on any atom is 0.120 e. The molecular weight excluding hydrogens is 302 g/mol. The van der Waals surface area contributed by atoms with Crippen LogP contribution < -0.4 is 10.1 Å². The Morgan fingerprint density at radius 1 is 1.26 bits per heavy atom. The highest BCUT2D eigenvalue weighted by Crippen LogP contribution is 2.22. The van der Waals surface area contributed by atoms with Gasteiger partial charge in [-0.05, 0) is 49.9 Å². The van der Waals surface area contributed by atoms with Crippen LogP contribution in [0.15, 0.2) is 28.7 Å². The van der Waals surface area contributed by atoms with Crippen LogP contribution in [-0.4, -0.2) is 19.2 Å². The fourth-order valence-electron chi connectivity index (χ4n) is 2.50. The van der Waals surface area contributed by atoms with Crippen LogP contribution in [0.2, 0.25) is 0 Å². The van der Waals surface area contributed by atoms with Gasteiger partial charge in [-0.2, -0.15) is 0 Å². The van der Waals surface area contributed by atoms with Crippen molar-refractivity contribution in [3.63, 3.8) is 0 Å². The van der Waals surface area contributed by atoms with Crippen molar-refractivity contribution in [2.24, 2.45) is 11.8 Å². The maximum atomic E-state index is 5.84. The lowest BCUT2D eigenvalue weighted by atomic mass is 9.86. The largest absolute Gasteiger partial charge is 0.494 e. The van der Waals surface area contributed by atoms with Crippen molar-refractivity contribution in [2.75, 3.05) is 13.2 Å². The third-order valence-electron chi connectivity index (χ3n) is 3.54. The molecule has 3 heteroatoms. The van der Waals surface area contributed by atoms with Crippen LogP contribution in [0.5, 0.6) is 5.75 Å². The normalized spacial score (nSPS) is 14.4. The summed E-state index contributed by atoms with van der Waals surface area (Å²) in [5, 5.41) is 3.52. The Kier molecular flexibility index (Phi) is 7.47. The zero-order valence-corrected chi connectivity index (χ0v) is 14.0. The van der Waals surface area contributed by atoms with Crippen LogP contribution in [0, 0.1) is 11.8 Å². The number of ether oxygens (including phenoxy) is 1. The summed E-state index contributed by atoms with van der Waals surface area (Å²) in [5.74, 6) is 2.25. The van der Waals surface area contributed by atoms with Crippen molar-refractivity contribution in [1.29, 1.82) is 0 Å². The molecular formula is C16H26BrNO. The molecule has 0 amide bonds. The Hall–Kier alpha value is -0.540. The van der Waals surface area contributed by atoms with Crippen molar-refractivity contribution in [1.82, 2.24) is 5.32 Å². The molecule has 1 N–H and O–H groups in total. The fraction of sp³-hybridized carbons (Fsp3) is 0.625. The SMILES string of the molecule is CCNC(C)C(CCOc1cccc(Br)c1)C(C)C. The Bertz CT molecular complexity index is 368. The second-order valence-corrected chi connectivity index (χ2v) is 6.26. The molecule has 0 saturated heterocycles. The monoisotopic (exact) mass is 327 g/mol. The molecule has 2 nitrogen and oxygen atoms in total. The third kappa shape index (κ3) is 5.96. The molecule has 0 bridgehead atoms. The van der Waals surface area contributed by atoms with E-state index < -0.39 is 0 Å². The Labute approximate surface area is 126 Å². The molecule has 2 unspecified atom stereocenters. The molecule has 108 valence electrons. The lowest BCUT2D eigenvalue weighted by Gasteiger charge is -2.28. The van der Waals surface area contributed by atoms with Gasteiger partial charge in [0.15, 0.2) is 0 Å². The minimum absolute atomic E-state index is 0.538. The zero-order chi connectivity index (χ0) is 14.3. The van der Waals surface area contributed by atoms with E-state index in [4.69, 9.17) is 4.74 Å². The molecule has 0 radical (unpaired) electrons. The number of hydrogen-bond acceptors (Lipinski definition) is 2. The van der Waals surface area contributed by atoms with Crippen LogP contribution in [0.3, 0.4) is 0 Å². The number of rotatable bonds is 8. The first kappa shape index (κ1) is 16.5. The Balaban J connectivity index is 2.44. The fourth-order valence-corrected chi connectivity index (χ4v) is 2.88. The van der Waals surface area contributed by atoms with Gasteiger partial charge in [0, 0.05) is 10.5 Å². The summed E-state index contributed by atoms with van der Waals surface area (Å²) in [6, 6.07) is 8.56. The van der Waals surface area contributed by atoms with Crippen LogP contribution in [0.4, 0.5) is 0 Å². The van der Waals surface area contributed by atoms with Gasteiger partial charge in [0.1, 0.15) is 5.75 Å². The predicted molar refractivity (Wildman–Crippen MR) is 85.7 cm³/mol. The van der Waals surface area contributed by atoms with Crippen LogP contribution in [0.1, 0.15) is 34.1 Å². The number of nitrogens with one attached hydrogen (secondary N) is 1. The summed E-state index contributed by atoms with van der Waals surface area (Å²) in [6.07, 6.45) is 1.08. The summed E-state index contributed by atoms with van der Waals surface area (Å²) in [4.78, 5) is 0. The van der Waals surface area contributed by atoms with E-state index in [1.165, 1.54) is 0 Å². The zero-order valence-electron chi connectivity index (χ0n) is 12.4. The first-order valence-electron chi connectivity index (χ1n) is 7.16. The van der Waals surface area contributed by atoms with E-state index in [9.17, 15) is 0 Å². The summed E-state index contributed by atoms with van der Waals surface area (Å²) in [5.41, 5.74) is 0. The van der Waals surface area contributed by atoms with Crippen molar-refractivity contribution >= 4 is 15.9 Å². The molecule has 0 aliphatic heterocycles. The number of benzene rings is 1. The van der Waals surface area contributed by atoms with Crippen LogP contribution in [0.25, 0.3) is 0 Å². The molecule has 0 heterocycles. The van der Waals surface area contributed by atoms with E-state index >= 15 is 0 Å². The molecule has 0 saturated carbocycles. The molecule has 1 aromatic rings. The van der Waals surface area contributed by atoms with Gasteiger partial charge in [-0.3, -0.25) is 0 Å². The average Bonchev–Trinajstić information content (AvgIpc) is 2.34. The van der Waals surface area contributed by atoms with E-state index in [1.807, 2.05) is 24.3 Å². The summed E-state index contributed by atoms with van der Waals surface area (Å²) >= 11 is 3.46. The van der Waals surface area contributed by atoms with Gasteiger partial charge in [-0.1, -0.05) is 42.8 Å². The lowest BCUT2D eigenvalue weighted by Crippen LogP contribution is -2.36. The van der Waals surface area contributed by atoms with Gasteiger partial charge in [0.2, 0.25) is 0 Å².